The summed E-state index contributed by atoms with van der Waals surface area (Å²) in [4.78, 5) is 4.17. The van der Waals surface area contributed by atoms with Crippen molar-refractivity contribution < 1.29 is 0 Å². The van der Waals surface area contributed by atoms with E-state index >= 15 is 0 Å². The minimum absolute atomic E-state index is 0.375. The summed E-state index contributed by atoms with van der Waals surface area (Å²) in [5, 5.41) is 6.79. The molecule has 15 heavy (non-hydrogen) atoms. The highest BCUT2D eigenvalue weighted by Crippen LogP contribution is 2.10. The van der Waals surface area contributed by atoms with Crippen LogP contribution in [0.5, 0.6) is 0 Å². The van der Waals surface area contributed by atoms with Crippen molar-refractivity contribution >= 4 is 39.1 Å². The molecule has 2 N–H and O–H groups in total. The van der Waals surface area contributed by atoms with Crippen LogP contribution in [0.15, 0.2) is 22.8 Å². The highest BCUT2D eigenvalue weighted by Gasteiger charge is 2.02. The number of anilines is 1. The molecular weight excluding hydrogens is 274 g/mol. The molecule has 0 fully saturated rings. The zero-order chi connectivity index (χ0) is 11.3. The molecule has 0 saturated carbocycles. The molecule has 1 atom stereocenters. The van der Waals surface area contributed by atoms with Crippen LogP contribution in [0.1, 0.15) is 20.3 Å². The summed E-state index contributed by atoms with van der Waals surface area (Å²) < 4.78 is 0.953. The van der Waals surface area contributed by atoms with E-state index < -0.39 is 0 Å². The van der Waals surface area contributed by atoms with Crippen LogP contribution in [0.25, 0.3) is 0 Å². The molecule has 0 aliphatic rings. The Labute approximate surface area is 104 Å². The number of hydrogen-bond donors (Lipinski definition) is 2. The Kier molecular flexibility index (Phi) is 4.98. The van der Waals surface area contributed by atoms with Gasteiger partial charge < -0.3 is 10.6 Å². The van der Waals surface area contributed by atoms with Gasteiger partial charge in [-0.2, -0.15) is 0 Å². The van der Waals surface area contributed by atoms with E-state index in [2.05, 4.69) is 45.4 Å². The lowest BCUT2D eigenvalue weighted by molar-refractivity contribution is 0.646. The number of pyridine rings is 1. The first-order chi connectivity index (χ1) is 7.11. The molecule has 0 radical (unpaired) electrons. The van der Waals surface area contributed by atoms with Crippen molar-refractivity contribution in [2.24, 2.45) is 0 Å². The summed E-state index contributed by atoms with van der Waals surface area (Å²) in [6.45, 7) is 4.20. The predicted octanol–water partition coefficient (Wildman–Crippen LogP) is 2.93. The van der Waals surface area contributed by atoms with Crippen molar-refractivity contribution in [3.8, 4) is 0 Å². The SMILES string of the molecule is CCC(C)NC(=S)Nc1ccc(Br)cn1. The Morgan fingerprint density at radius 3 is 2.87 bits per heavy atom. The van der Waals surface area contributed by atoms with Crippen molar-refractivity contribution in [3.63, 3.8) is 0 Å². The zero-order valence-corrected chi connectivity index (χ0v) is 11.2. The fourth-order valence-corrected chi connectivity index (χ4v) is 1.47. The van der Waals surface area contributed by atoms with Gasteiger partial charge >= 0.3 is 0 Å². The first kappa shape index (κ1) is 12.4. The third kappa shape index (κ3) is 4.57. The van der Waals surface area contributed by atoms with Gasteiger partial charge in [-0.05, 0) is 53.6 Å². The predicted molar refractivity (Wildman–Crippen MR) is 71.0 cm³/mol. The summed E-state index contributed by atoms with van der Waals surface area (Å²) >= 11 is 8.46. The molecule has 0 aliphatic carbocycles. The number of nitrogens with zero attached hydrogens (tertiary/aromatic N) is 1. The molecule has 1 aromatic heterocycles. The minimum Gasteiger partial charge on any atom is -0.360 e. The summed E-state index contributed by atoms with van der Waals surface area (Å²) in [7, 11) is 0. The highest BCUT2D eigenvalue weighted by molar-refractivity contribution is 9.10. The van der Waals surface area contributed by atoms with Crippen molar-refractivity contribution in [1.29, 1.82) is 0 Å². The van der Waals surface area contributed by atoms with Crippen LogP contribution in [0.2, 0.25) is 0 Å². The second kappa shape index (κ2) is 6.02. The van der Waals surface area contributed by atoms with Gasteiger partial charge in [-0.25, -0.2) is 4.98 Å². The second-order valence-corrected chi connectivity index (χ2v) is 4.59. The summed E-state index contributed by atoms with van der Waals surface area (Å²) in [6, 6.07) is 4.16. The van der Waals surface area contributed by atoms with E-state index in [1.54, 1.807) is 6.20 Å². The molecular formula is C10H14BrN3S. The van der Waals surface area contributed by atoms with E-state index in [4.69, 9.17) is 12.2 Å². The average molecular weight is 288 g/mol. The minimum atomic E-state index is 0.375. The second-order valence-electron chi connectivity index (χ2n) is 3.27. The van der Waals surface area contributed by atoms with E-state index in [-0.39, 0.29) is 0 Å². The van der Waals surface area contributed by atoms with Crippen LogP contribution in [-0.4, -0.2) is 16.1 Å². The van der Waals surface area contributed by atoms with E-state index in [1.807, 2.05) is 12.1 Å². The largest absolute Gasteiger partial charge is 0.360 e. The maximum Gasteiger partial charge on any atom is 0.172 e. The maximum absolute atomic E-state index is 5.14. The lowest BCUT2D eigenvalue weighted by atomic mass is 10.3. The average Bonchev–Trinajstić information content (AvgIpc) is 2.21. The lowest BCUT2D eigenvalue weighted by Gasteiger charge is -2.14. The van der Waals surface area contributed by atoms with E-state index in [9.17, 15) is 0 Å². The molecule has 5 heteroatoms. The molecule has 0 saturated heterocycles. The molecule has 0 aromatic carbocycles. The van der Waals surface area contributed by atoms with Gasteiger partial charge in [0.25, 0.3) is 0 Å². The first-order valence-electron chi connectivity index (χ1n) is 4.81. The molecule has 3 nitrogen and oxygen atoms in total. The molecule has 1 unspecified atom stereocenters. The van der Waals surface area contributed by atoms with Gasteiger partial charge in [0, 0.05) is 16.7 Å². The maximum atomic E-state index is 5.14. The molecule has 1 aromatic rings. The fraction of sp³-hybridized carbons (Fsp3) is 0.400. The molecule has 0 bridgehead atoms. The third-order valence-corrected chi connectivity index (χ3v) is 2.65. The summed E-state index contributed by atoms with van der Waals surface area (Å²) in [5.41, 5.74) is 0. The number of rotatable bonds is 3. The number of nitrogens with one attached hydrogen (secondary N) is 2. The summed E-state index contributed by atoms with van der Waals surface area (Å²) in [6.07, 6.45) is 2.77. The van der Waals surface area contributed by atoms with Crippen LogP contribution in [0, 0.1) is 0 Å². The van der Waals surface area contributed by atoms with Gasteiger partial charge in [0.2, 0.25) is 0 Å². The number of hydrogen-bond acceptors (Lipinski definition) is 2. The number of halogens is 1. The topological polar surface area (TPSA) is 37.0 Å². The molecule has 82 valence electrons. The van der Waals surface area contributed by atoms with Crippen molar-refractivity contribution in [3.05, 3.63) is 22.8 Å². The molecule has 0 spiro atoms. The van der Waals surface area contributed by atoms with E-state index in [0.29, 0.717) is 11.2 Å². The third-order valence-electron chi connectivity index (χ3n) is 1.96. The fourth-order valence-electron chi connectivity index (χ4n) is 0.928. The lowest BCUT2D eigenvalue weighted by Crippen LogP contribution is -2.35. The summed E-state index contributed by atoms with van der Waals surface area (Å²) in [5.74, 6) is 0.749. The normalized spacial score (nSPS) is 11.9. The van der Waals surface area contributed by atoms with Gasteiger partial charge in [-0.1, -0.05) is 6.92 Å². The van der Waals surface area contributed by atoms with Crippen LogP contribution in [0.4, 0.5) is 5.82 Å². The van der Waals surface area contributed by atoms with Gasteiger partial charge in [-0.3, -0.25) is 0 Å². The Morgan fingerprint density at radius 2 is 2.33 bits per heavy atom. The zero-order valence-electron chi connectivity index (χ0n) is 8.75. The van der Waals surface area contributed by atoms with Crippen LogP contribution in [-0.2, 0) is 0 Å². The monoisotopic (exact) mass is 287 g/mol. The quantitative estimate of drug-likeness (QED) is 0.839. The Morgan fingerprint density at radius 1 is 1.60 bits per heavy atom. The van der Waals surface area contributed by atoms with Gasteiger partial charge in [0.05, 0.1) is 0 Å². The molecule has 0 aliphatic heterocycles. The molecule has 1 rings (SSSR count). The van der Waals surface area contributed by atoms with Crippen molar-refractivity contribution in [2.75, 3.05) is 5.32 Å². The number of aromatic nitrogens is 1. The Bertz CT molecular complexity index is 326. The van der Waals surface area contributed by atoms with Crippen molar-refractivity contribution in [2.45, 2.75) is 26.3 Å². The van der Waals surface area contributed by atoms with Crippen LogP contribution in [0.3, 0.4) is 0 Å². The molecule has 1 heterocycles. The van der Waals surface area contributed by atoms with Crippen LogP contribution >= 0.6 is 28.1 Å². The molecule has 0 amide bonds. The number of thiocarbonyl (C=S) groups is 1. The van der Waals surface area contributed by atoms with E-state index in [0.717, 1.165) is 16.7 Å². The first-order valence-corrected chi connectivity index (χ1v) is 6.01. The van der Waals surface area contributed by atoms with E-state index in [1.165, 1.54) is 0 Å². The van der Waals surface area contributed by atoms with Gasteiger partial charge in [-0.15, -0.1) is 0 Å². The van der Waals surface area contributed by atoms with Crippen LogP contribution < -0.4 is 10.6 Å². The van der Waals surface area contributed by atoms with Gasteiger partial charge in [0.1, 0.15) is 5.82 Å². The van der Waals surface area contributed by atoms with Crippen molar-refractivity contribution in [1.82, 2.24) is 10.3 Å². The highest BCUT2D eigenvalue weighted by atomic mass is 79.9. The smallest absolute Gasteiger partial charge is 0.172 e. The van der Waals surface area contributed by atoms with Gasteiger partial charge in [0.15, 0.2) is 5.11 Å². The Balaban J connectivity index is 2.48. The standard InChI is InChI=1S/C10H14BrN3S/c1-3-7(2)13-10(15)14-9-5-4-8(11)6-12-9/h4-7H,3H2,1-2H3,(H2,12,13,14,15). The Hall–Kier alpha value is -0.680.